The summed E-state index contributed by atoms with van der Waals surface area (Å²) in [7, 11) is 0. The quantitative estimate of drug-likeness (QED) is 0.449. The number of thioether (sulfide) groups is 1. The zero-order valence-corrected chi connectivity index (χ0v) is 14.9. The van der Waals surface area contributed by atoms with E-state index in [0.717, 1.165) is 36.4 Å². The molecule has 24 heavy (non-hydrogen) atoms. The highest BCUT2D eigenvalue weighted by Gasteiger charge is 2.12. The van der Waals surface area contributed by atoms with Gasteiger partial charge in [0.25, 0.3) is 5.91 Å². The van der Waals surface area contributed by atoms with Crippen LogP contribution < -0.4 is 5.32 Å². The maximum Gasteiger partial charge on any atom is 0.251 e. The Morgan fingerprint density at radius 3 is 2.88 bits per heavy atom. The minimum atomic E-state index is -0.658. The van der Waals surface area contributed by atoms with Crippen LogP contribution in [0.1, 0.15) is 36.5 Å². The van der Waals surface area contributed by atoms with Crippen molar-refractivity contribution in [3.05, 3.63) is 35.7 Å². The van der Waals surface area contributed by atoms with Crippen LogP contribution in [0.5, 0.6) is 0 Å². The van der Waals surface area contributed by atoms with Gasteiger partial charge >= 0.3 is 0 Å². The van der Waals surface area contributed by atoms with E-state index in [1.54, 1.807) is 11.8 Å². The average Bonchev–Trinajstić information content (AvgIpc) is 2.92. The predicted molar refractivity (Wildman–Crippen MR) is 91.5 cm³/mol. The van der Waals surface area contributed by atoms with E-state index in [-0.39, 0.29) is 11.5 Å². The lowest BCUT2D eigenvalue weighted by Crippen LogP contribution is -2.25. The molecule has 0 aliphatic carbocycles. The molecule has 0 aliphatic heterocycles. The normalized spacial score (nSPS) is 11.0. The minimum Gasteiger partial charge on any atom is -0.352 e. The first-order chi connectivity index (χ1) is 11.5. The third kappa shape index (κ3) is 5.02. The van der Waals surface area contributed by atoms with Crippen molar-refractivity contribution >= 4 is 17.7 Å². The maximum absolute atomic E-state index is 13.0. The van der Waals surface area contributed by atoms with Gasteiger partial charge in [-0.3, -0.25) is 4.79 Å². The number of carbonyl (C=O) groups is 1. The zero-order valence-electron chi connectivity index (χ0n) is 14.1. The van der Waals surface area contributed by atoms with Gasteiger partial charge in [-0.25, -0.2) is 4.98 Å². The number of hydrogen-bond acceptors (Lipinski definition) is 5. The standard InChI is InChI=1S/C16H22FN5OS/c1-11(2)10-22-14(20-21-16(22)24-3)5-4-7-19-15(23)12-6-8-18-13(17)9-12/h6,8-9,11H,4-5,7,10H2,1-3H3,(H,19,23). The maximum atomic E-state index is 13.0. The number of halogens is 1. The molecule has 1 amide bonds. The first-order valence-electron chi connectivity index (χ1n) is 7.87. The molecule has 0 aliphatic rings. The molecular weight excluding hydrogens is 329 g/mol. The van der Waals surface area contributed by atoms with Gasteiger partial charge in [-0.1, -0.05) is 25.6 Å². The fourth-order valence-electron chi connectivity index (χ4n) is 2.30. The number of nitrogens with zero attached hydrogens (tertiary/aromatic N) is 4. The van der Waals surface area contributed by atoms with Gasteiger partial charge in [0, 0.05) is 37.3 Å². The topological polar surface area (TPSA) is 72.7 Å². The third-order valence-electron chi connectivity index (χ3n) is 3.38. The van der Waals surface area contributed by atoms with Crippen molar-refractivity contribution < 1.29 is 9.18 Å². The highest BCUT2D eigenvalue weighted by molar-refractivity contribution is 7.98. The molecule has 1 N–H and O–H groups in total. The number of carbonyl (C=O) groups excluding carboxylic acids is 1. The Balaban J connectivity index is 1.86. The molecule has 6 nitrogen and oxygen atoms in total. The lowest BCUT2D eigenvalue weighted by Gasteiger charge is -2.11. The van der Waals surface area contributed by atoms with Crippen molar-refractivity contribution in [1.82, 2.24) is 25.1 Å². The Bertz CT molecular complexity index is 689. The molecule has 2 heterocycles. The molecule has 130 valence electrons. The fraction of sp³-hybridized carbons (Fsp3) is 0.500. The lowest BCUT2D eigenvalue weighted by atomic mass is 10.2. The highest BCUT2D eigenvalue weighted by Crippen LogP contribution is 2.16. The van der Waals surface area contributed by atoms with Gasteiger partial charge in [0.1, 0.15) is 5.82 Å². The Kier molecular flexibility index (Phi) is 6.72. The molecule has 0 atom stereocenters. The van der Waals surface area contributed by atoms with Crippen LogP contribution in [0.2, 0.25) is 0 Å². The second-order valence-corrected chi connectivity index (χ2v) is 6.61. The van der Waals surface area contributed by atoms with Crippen molar-refractivity contribution in [1.29, 1.82) is 0 Å². The summed E-state index contributed by atoms with van der Waals surface area (Å²) in [6, 6.07) is 2.61. The van der Waals surface area contributed by atoms with Crippen molar-refractivity contribution in [2.24, 2.45) is 5.92 Å². The highest BCUT2D eigenvalue weighted by atomic mass is 32.2. The second-order valence-electron chi connectivity index (χ2n) is 5.83. The molecule has 0 radical (unpaired) electrons. The summed E-state index contributed by atoms with van der Waals surface area (Å²) >= 11 is 1.58. The predicted octanol–water partition coefficient (Wildman–Crippen LogP) is 2.55. The summed E-state index contributed by atoms with van der Waals surface area (Å²) in [4.78, 5) is 15.4. The van der Waals surface area contributed by atoms with Crippen LogP contribution in [0.3, 0.4) is 0 Å². The number of nitrogens with one attached hydrogen (secondary N) is 1. The number of aromatic nitrogens is 4. The minimum absolute atomic E-state index is 0.273. The molecule has 2 aromatic heterocycles. The van der Waals surface area contributed by atoms with E-state index in [4.69, 9.17) is 0 Å². The van der Waals surface area contributed by atoms with Gasteiger partial charge in [-0.15, -0.1) is 10.2 Å². The molecule has 0 saturated carbocycles. The summed E-state index contributed by atoms with van der Waals surface area (Å²) in [5.74, 6) is 0.475. The molecule has 0 bridgehead atoms. The van der Waals surface area contributed by atoms with Crippen molar-refractivity contribution in [2.75, 3.05) is 12.8 Å². The van der Waals surface area contributed by atoms with Crippen LogP contribution in [0.15, 0.2) is 23.5 Å². The number of amides is 1. The Morgan fingerprint density at radius 1 is 1.42 bits per heavy atom. The van der Waals surface area contributed by atoms with Crippen LogP contribution in [-0.2, 0) is 13.0 Å². The van der Waals surface area contributed by atoms with Crippen molar-refractivity contribution in [3.63, 3.8) is 0 Å². The van der Waals surface area contributed by atoms with E-state index in [0.29, 0.717) is 12.5 Å². The monoisotopic (exact) mass is 351 g/mol. The Labute approximate surface area is 145 Å². The smallest absolute Gasteiger partial charge is 0.251 e. The average molecular weight is 351 g/mol. The largest absolute Gasteiger partial charge is 0.352 e. The molecule has 8 heteroatoms. The Hall–Kier alpha value is -1.96. The summed E-state index contributed by atoms with van der Waals surface area (Å²) in [5, 5.41) is 12.1. The van der Waals surface area contributed by atoms with E-state index in [9.17, 15) is 9.18 Å². The van der Waals surface area contributed by atoms with E-state index < -0.39 is 5.95 Å². The number of pyridine rings is 1. The molecular formula is C16H22FN5OS. The third-order valence-corrected chi connectivity index (χ3v) is 4.04. The Morgan fingerprint density at radius 2 is 2.21 bits per heavy atom. The lowest BCUT2D eigenvalue weighted by molar-refractivity contribution is 0.0952. The van der Waals surface area contributed by atoms with E-state index in [1.807, 2.05) is 6.26 Å². The summed E-state index contributed by atoms with van der Waals surface area (Å²) < 4.78 is 15.1. The van der Waals surface area contributed by atoms with Crippen LogP contribution in [-0.4, -0.2) is 38.5 Å². The summed E-state index contributed by atoms with van der Waals surface area (Å²) in [6.45, 7) is 5.68. The van der Waals surface area contributed by atoms with E-state index in [2.05, 4.69) is 38.9 Å². The van der Waals surface area contributed by atoms with Gasteiger partial charge < -0.3 is 9.88 Å². The molecule has 0 aromatic carbocycles. The molecule has 2 rings (SSSR count). The second kappa shape index (κ2) is 8.77. The van der Waals surface area contributed by atoms with Gasteiger partial charge in [-0.05, 0) is 24.7 Å². The molecule has 0 fully saturated rings. The van der Waals surface area contributed by atoms with Crippen LogP contribution >= 0.6 is 11.8 Å². The molecule has 0 spiro atoms. The van der Waals surface area contributed by atoms with Crippen LogP contribution in [0, 0.1) is 11.9 Å². The SMILES string of the molecule is CSc1nnc(CCCNC(=O)c2ccnc(F)c2)n1CC(C)C. The number of hydrogen-bond donors (Lipinski definition) is 1. The fourth-order valence-corrected chi connectivity index (χ4v) is 2.82. The van der Waals surface area contributed by atoms with Crippen LogP contribution in [0.25, 0.3) is 0 Å². The first kappa shape index (κ1) is 18.4. The van der Waals surface area contributed by atoms with Gasteiger partial charge in [0.2, 0.25) is 5.95 Å². The first-order valence-corrected chi connectivity index (χ1v) is 9.09. The van der Waals surface area contributed by atoms with Gasteiger partial charge in [0.05, 0.1) is 0 Å². The summed E-state index contributed by atoms with van der Waals surface area (Å²) in [5.41, 5.74) is 0.273. The number of aryl methyl sites for hydroxylation is 1. The molecule has 0 saturated heterocycles. The molecule has 0 unspecified atom stereocenters. The van der Waals surface area contributed by atoms with Gasteiger partial charge in [0.15, 0.2) is 5.16 Å². The van der Waals surface area contributed by atoms with E-state index >= 15 is 0 Å². The van der Waals surface area contributed by atoms with Gasteiger partial charge in [-0.2, -0.15) is 4.39 Å². The van der Waals surface area contributed by atoms with Crippen LogP contribution in [0.4, 0.5) is 4.39 Å². The zero-order chi connectivity index (χ0) is 17.5. The van der Waals surface area contributed by atoms with E-state index in [1.165, 1.54) is 12.3 Å². The van der Waals surface area contributed by atoms with Crippen molar-refractivity contribution in [2.45, 2.75) is 38.4 Å². The number of rotatable bonds is 8. The van der Waals surface area contributed by atoms with Crippen molar-refractivity contribution in [3.8, 4) is 0 Å². The molecule has 2 aromatic rings. The summed E-state index contributed by atoms with van der Waals surface area (Å²) in [6.07, 6.45) is 4.73.